The van der Waals surface area contributed by atoms with Gasteiger partial charge in [-0.2, -0.15) is 5.10 Å². The van der Waals surface area contributed by atoms with Gasteiger partial charge in [0.1, 0.15) is 18.1 Å². The summed E-state index contributed by atoms with van der Waals surface area (Å²) in [6.45, 7) is 0.385. The third-order valence-electron chi connectivity index (χ3n) is 5.99. The van der Waals surface area contributed by atoms with Crippen molar-refractivity contribution in [3.8, 4) is 17.2 Å². The number of halogens is 3. The highest BCUT2D eigenvalue weighted by Gasteiger charge is 2.34. The van der Waals surface area contributed by atoms with E-state index in [0.717, 1.165) is 17.3 Å². The lowest BCUT2D eigenvalue weighted by atomic mass is 10.2. The molecular formula is C30H22Cl3N3O5S. The zero-order valence-electron chi connectivity index (χ0n) is 22.0. The van der Waals surface area contributed by atoms with Gasteiger partial charge in [-0.05, 0) is 84.1 Å². The lowest BCUT2D eigenvalue weighted by Crippen LogP contribution is -2.28. The van der Waals surface area contributed by atoms with Gasteiger partial charge in [0.05, 0.1) is 31.0 Å². The Labute approximate surface area is 260 Å². The lowest BCUT2D eigenvalue weighted by Gasteiger charge is -2.13. The van der Waals surface area contributed by atoms with Crippen LogP contribution in [0.25, 0.3) is 6.08 Å². The largest absolute Gasteiger partial charge is 0.507 e. The van der Waals surface area contributed by atoms with Crippen LogP contribution in [0, 0.1) is 0 Å². The molecule has 0 saturated carbocycles. The maximum absolute atomic E-state index is 13.3. The van der Waals surface area contributed by atoms with Crippen LogP contribution in [-0.4, -0.2) is 34.4 Å². The van der Waals surface area contributed by atoms with Crippen LogP contribution in [0.2, 0.25) is 15.1 Å². The molecule has 2 heterocycles. The zero-order valence-corrected chi connectivity index (χ0v) is 25.0. The fourth-order valence-electron chi connectivity index (χ4n) is 3.89. The second kappa shape index (κ2) is 13.4. The first kappa shape index (κ1) is 29.6. The molecule has 1 N–H and O–H groups in total. The molecule has 1 aliphatic rings. The molecule has 0 aliphatic carbocycles. The Morgan fingerprint density at radius 3 is 2.60 bits per heavy atom. The van der Waals surface area contributed by atoms with Gasteiger partial charge in [0.2, 0.25) is 0 Å². The predicted octanol–water partition coefficient (Wildman–Crippen LogP) is 8.04. The lowest BCUT2D eigenvalue weighted by molar-refractivity contribution is -0.122. The fraction of sp³-hybridized carbons (Fsp3) is 0.100. The molecule has 214 valence electrons. The Balaban J connectivity index is 1.35. The second-order valence-electron chi connectivity index (χ2n) is 8.85. The summed E-state index contributed by atoms with van der Waals surface area (Å²) in [5, 5.41) is 20.6. The second-order valence-corrected chi connectivity index (χ2v) is 11.1. The Morgan fingerprint density at radius 1 is 1.02 bits per heavy atom. The number of thioether (sulfide) groups is 1. The summed E-state index contributed by atoms with van der Waals surface area (Å²) >= 11 is 19.4. The Morgan fingerprint density at radius 2 is 1.83 bits per heavy atom. The summed E-state index contributed by atoms with van der Waals surface area (Å²) in [7, 11) is 1.54. The van der Waals surface area contributed by atoms with Crippen molar-refractivity contribution < 1.29 is 23.8 Å². The summed E-state index contributed by atoms with van der Waals surface area (Å²) in [6, 6.07) is 18.6. The number of ether oxygens (including phenoxy) is 2. The molecule has 1 aromatic heterocycles. The summed E-state index contributed by atoms with van der Waals surface area (Å²) in [6.07, 6.45) is 4.63. The molecule has 1 amide bonds. The van der Waals surface area contributed by atoms with Crippen LogP contribution in [-0.2, 0) is 17.9 Å². The molecule has 5 rings (SSSR count). The van der Waals surface area contributed by atoms with E-state index < -0.39 is 0 Å². The normalized spacial score (nSPS) is 15.3. The SMILES string of the molecule is COc1cc(/C=N/N=C2\S/C(=C\c3cc(Cl)ccc3O)C(=O)N2Cc2ccco2)ccc1OCc1ccc(Cl)cc1Cl. The van der Waals surface area contributed by atoms with Gasteiger partial charge < -0.3 is 19.0 Å². The van der Waals surface area contributed by atoms with Crippen molar-refractivity contribution in [2.45, 2.75) is 13.2 Å². The average molecular weight is 643 g/mol. The summed E-state index contributed by atoms with van der Waals surface area (Å²) < 4.78 is 16.9. The highest BCUT2D eigenvalue weighted by Crippen LogP contribution is 2.36. The number of carbonyl (C=O) groups is 1. The van der Waals surface area contributed by atoms with E-state index in [1.54, 1.807) is 66.7 Å². The molecule has 1 saturated heterocycles. The van der Waals surface area contributed by atoms with Gasteiger partial charge in [0, 0.05) is 26.2 Å². The van der Waals surface area contributed by atoms with Gasteiger partial charge >= 0.3 is 0 Å². The number of rotatable bonds is 9. The molecule has 42 heavy (non-hydrogen) atoms. The van der Waals surface area contributed by atoms with E-state index in [2.05, 4.69) is 10.2 Å². The molecule has 0 atom stereocenters. The number of benzene rings is 3. The van der Waals surface area contributed by atoms with Gasteiger partial charge in [-0.25, -0.2) is 0 Å². The maximum Gasteiger partial charge on any atom is 0.267 e. The van der Waals surface area contributed by atoms with Gasteiger partial charge in [-0.3, -0.25) is 9.69 Å². The van der Waals surface area contributed by atoms with Gasteiger partial charge in [-0.1, -0.05) is 40.9 Å². The first-order valence-electron chi connectivity index (χ1n) is 12.4. The molecular weight excluding hydrogens is 621 g/mol. The average Bonchev–Trinajstić information content (AvgIpc) is 3.59. The quantitative estimate of drug-likeness (QED) is 0.113. The van der Waals surface area contributed by atoms with E-state index in [1.165, 1.54) is 30.6 Å². The number of amidine groups is 1. The molecule has 1 fully saturated rings. The van der Waals surface area contributed by atoms with Crippen molar-refractivity contribution in [2.75, 3.05) is 7.11 Å². The van der Waals surface area contributed by atoms with E-state index >= 15 is 0 Å². The minimum Gasteiger partial charge on any atom is -0.507 e. The molecule has 8 nitrogen and oxygen atoms in total. The zero-order chi connectivity index (χ0) is 29.6. The molecule has 3 aromatic carbocycles. The molecule has 0 spiro atoms. The number of phenols is 1. The Bertz CT molecular complexity index is 1710. The summed E-state index contributed by atoms with van der Waals surface area (Å²) in [5.74, 6) is 1.28. The van der Waals surface area contributed by atoms with Gasteiger partial charge in [-0.15, -0.1) is 5.10 Å². The van der Waals surface area contributed by atoms with E-state index in [0.29, 0.717) is 53.5 Å². The molecule has 0 unspecified atom stereocenters. The van der Waals surface area contributed by atoms with E-state index in [-0.39, 0.29) is 24.8 Å². The van der Waals surface area contributed by atoms with Crippen molar-refractivity contribution >= 4 is 69.9 Å². The number of methoxy groups -OCH3 is 1. The van der Waals surface area contributed by atoms with Crippen LogP contribution >= 0.6 is 46.6 Å². The third kappa shape index (κ3) is 7.11. The minimum absolute atomic E-state index is 0.000990. The van der Waals surface area contributed by atoms with Crippen molar-refractivity contribution in [3.05, 3.63) is 115 Å². The topological polar surface area (TPSA) is 96.9 Å². The van der Waals surface area contributed by atoms with Crippen LogP contribution in [0.3, 0.4) is 0 Å². The highest BCUT2D eigenvalue weighted by atomic mass is 35.5. The highest BCUT2D eigenvalue weighted by molar-refractivity contribution is 8.18. The maximum atomic E-state index is 13.3. The molecule has 0 bridgehead atoms. The number of furan rings is 1. The molecule has 0 radical (unpaired) electrons. The number of aromatic hydroxyl groups is 1. The van der Waals surface area contributed by atoms with Crippen molar-refractivity contribution in [1.82, 2.24) is 4.90 Å². The standard InChI is InChI=1S/C30H22Cl3N3O5S/c1-39-27-11-18(4-9-26(27)41-17-19-5-6-22(32)14-24(19)33)15-34-35-30-36(16-23-3-2-10-40-23)29(38)28(42-30)13-20-12-21(31)7-8-25(20)37/h2-15,37H,16-17H2,1H3/b28-13-,34-15+,35-30-. The number of hydrogen-bond acceptors (Lipinski definition) is 8. The number of phenolic OH excluding ortho intramolecular Hbond substituents is 1. The first-order chi connectivity index (χ1) is 20.3. The number of carbonyl (C=O) groups excluding carboxylic acids is 1. The van der Waals surface area contributed by atoms with E-state index in [4.69, 9.17) is 48.7 Å². The van der Waals surface area contributed by atoms with Crippen LogP contribution in [0.15, 0.2) is 92.5 Å². The van der Waals surface area contributed by atoms with Crippen LogP contribution in [0.1, 0.15) is 22.5 Å². The molecule has 1 aliphatic heterocycles. The molecule has 4 aromatic rings. The van der Waals surface area contributed by atoms with Crippen molar-refractivity contribution in [2.24, 2.45) is 10.2 Å². The number of amides is 1. The van der Waals surface area contributed by atoms with Gasteiger partial charge in [0.15, 0.2) is 16.7 Å². The predicted molar refractivity (Wildman–Crippen MR) is 167 cm³/mol. The van der Waals surface area contributed by atoms with E-state index in [9.17, 15) is 9.90 Å². The Kier molecular flexibility index (Phi) is 9.44. The smallest absolute Gasteiger partial charge is 0.267 e. The number of nitrogens with zero attached hydrogens (tertiary/aromatic N) is 3. The fourth-order valence-corrected chi connectivity index (χ4v) is 5.45. The Hall–Kier alpha value is -3.89. The monoisotopic (exact) mass is 641 g/mol. The summed E-state index contributed by atoms with van der Waals surface area (Å²) in [5.41, 5.74) is 1.89. The van der Waals surface area contributed by atoms with Crippen LogP contribution in [0.4, 0.5) is 0 Å². The summed E-state index contributed by atoms with van der Waals surface area (Å²) in [4.78, 5) is 15.1. The van der Waals surface area contributed by atoms with Crippen molar-refractivity contribution in [1.29, 1.82) is 0 Å². The van der Waals surface area contributed by atoms with Crippen LogP contribution in [0.5, 0.6) is 17.2 Å². The third-order valence-corrected chi connectivity index (χ3v) is 7.81. The number of hydrogen-bond donors (Lipinski definition) is 1. The molecule has 12 heteroatoms. The first-order valence-corrected chi connectivity index (χ1v) is 14.3. The minimum atomic E-state index is -0.311. The van der Waals surface area contributed by atoms with Crippen LogP contribution < -0.4 is 9.47 Å². The van der Waals surface area contributed by atoms with E-state index in [1.807, 2.05) is 0 Å². The van der Waals surface area contributed by atoms with Gasteiger partial charge in [0.25, 0.3) is 5.91 Å². The van der Waals surface area contributed by atoms with Crippen molar-refractivity contribution in [3.63, 3.8) is 0 Å².